The van der Waals surface area contributed by atoms with Crippen LogP contribution in [-0.4, -0.2) is 29.0 Å². The zero-order valence-corrected chi connectivity index (χ0v) is 13.5. The Morgan fingerprint density at radius 3 is 2.86 bits per heavy atom. The second-order valence-corrected chi connectivity index (χ2v) is 6.22. The number of methoxy groups -OCH3 is 1. The lowest BCUT2D eigenvalue weighted by Crippen LogP contribution is -2.40. The number of rotatable bonds is 4. The van der Waals surface area contributed by atoms with Crippen LogP contribution >= 0.6 is 11.6 Å². The third-order valence-electron chi connectivity index (χ3n) is 4.18. The van der Waals surface area contributed by atoms with E-state index in [2.05, 4.69) is 15.3 Å². The molecule has 1 amide bonds. The van der Waals surface area contributed by atoms with E-state index in [1.54, 1.807) is 0 Å². The third kappa shape index (κ3) is 3.74. The van der Waals surface area contributed by atoms with E-state index in [1.807, 2.05) is 6.92 Å². The summed E-state index contributed by atoms with van der Waals surface area (Å²) in [6, 6.07) is 0. The average Bonchev–Trinajstić information content (AvgIpc) is 2.53. The minimum atomic E-state index is -0.584. The van der Waals surface area contributed by atoms with Crippen LogP contribution in [0.4, 0.5) is 0 Å². The molecule has 1 N–H and O–H groups in total. The topological polar surface area (TPSA) is 81.2 Å². The van der Waals surface area contributed by atoms with Crippen LogP contribution in [0.5, 0.6) is 0 Å². The van der Waals surface area contributed by atoms with Crippen molar-refractivity contribution in [3.8, 4) is 0 Å². The first-order valence-corrected chi connectivity index (χ1v) is 7.65. The summed E-state index contributed by atoms with van der Waals surface area (Å²) < 4.78 is 4.86. The van der Waals surface area contributed by atoms with Gasteiger partial charge in [0.1, 0.15) is 0 Å². The normalized spacial score (nSPS) is 24.6. The molecular formula is C15H20ClN3O3. The second-order valence-electron chi connectivity index (χ2n) is 5.86. The monoisotopic (exact) mass is 325 g/mol. The molecule has 1 aliphatic carbocycles. The number of amides is 1. The minimum absolute atomic E-state index is 0.0865. The van der Waals surface area contributed by atoms with E-state index in [0.717, 1.165) is 19.3 Å². The van der Waals surface area contributed by atoms with Gasteiger partial charge < -0.3 is 10.1 Å². The number of ether oxygens (including phenoxy) is 1. The van der Waals surface area contributed by atoms with Crippen LogP contribution in [0.3, 0.4) is 0 Å². The molecule has 0 radical (unpaired) electrons. The van der Waals surface area contributed by atoms with Crippen molar-refractivity contribution in [2.45, 2.75) is 39.2 Å². The van der Waals surface area contributed by atoms with Gasteiger partial charge in [-0.2, -0.15) is 0 Å². The maximum atomic E-state index is 12.3. The Morgan fingerprint density at radius 1 is 1.45 bits per heavy atom. The van der Waals surface area contributed by atoms with E-state index in [-0.39, 0.29) is 29.5 Å². The fourth-order valence-electron chi connectivity index (χ4n) is 2.93. The summed E-state index contributed by atoms with van der Waals surface area (Å²) in [6.07, 6.45) is 5.88. The largest absolute Gasteiger partial charge is 0.469 e. The van der Waals surface area contributed by atoms with E-state index in [4.69, 9.17) is 16.3 Å². The molecule has 2 rings (SSSR count). The first kappa shape index (κ1) is 16.7. The predicted molar refractivity (Wildman–Crippen MR) is 81.0 cm³/mol. The van der Waals surface area contributed by atoms with Crippen molar-refractivity contribution in [3.63, 3.8) is 0 Å². The predicted octanol–water partition coefficient (Wildman–Crippen LogP) is 2.12. The van der Waals surface area contributed by atoms with Gasteiger partial charge in [0.05, 0.1) is 24.8 Å². The Morgan fingerprint density at radius 2 is 2.18 bits per heavy atom. The van der Waals surface area contributed by atoms with Crippen LogP contribution in [0, 0.1) is 11.3 Å². The number of halogens is 1. The lowest BCUT2D eigenvalue weighted by molar-refractivity contribution is -0.155. The second kappa shape index (κ2) is 7.05. The van der Waals surface area contributed by atoms with Gasteiger partial charge in [-0.1, -0.05) is 18.0 Å². The van der Waals surface area contributed by atoms with Gasteiger partial charge in [-0.05, 0) is 26.2 Å². The number of carbonyl (C=O) groups excluding carboxylic acids is 2. The van der Waals surface area contributed by atoms with Crippen LogP contribution < -0.4 is 5.32 Å². The molecule has 0 saturated heterocycles. The molecule has 1 aromatic heterocycles. The van der Waals surface area contributed by atoms with Gasteiger partial charge in [-0.3, -0.25) is 14.6 Å². The Bertz CT molecular complexity index is 567. The standard InChI is InChI=1S/C15H20ClN3O3/c1-15(14(21)22-2)5-3-4-10(8-15)13(20)19-9-11-12(16)18-7-6-17-11/h6-7,10H,3-5,8-9H2,1-2H3,(H,19,20)/t10-,15+/m0/s1. The van der Waals surface area contributed by atoms with E-state index in [0.29, 0.717) is 12.1 Å². The van der Waals surface area contributed by atoms with Crippen LogP contribution in [0.1, 0.15) is 38.3 Å². The highest BCUT2D eigenvalue weighted by Crippen LogP contribution is 2.40. The van der Waals surface area contributed by atoms with Crippen molar-refractivity contribution < 1.29 is 14.3 Å². The first-order chi connectivity index (χ1) is 10.5. The molecule has 1 heterocycles. The van der Waals surface area contributed by atoms with Crippen molar-refractivity contribution in [2.75, 3.05) is 7.11 Å². The molecular weight excluding hydrogens is 306 g/mol. The molecule has 6 nitrogen and oxygen atoms in total. The first-order valence-electron chi connectivity index (χ1n) is 7.28. The minimum Gasteiger partial charge on any atom is -0.469 e. The highest BCUT2D eigenvalue weighted by atomic mass is 35.5. The van der Waals surface area contributed by atoms with Crippen molar-refractivity contribution in [3.05, 3.63) is 23.2 Å². The number of esters is 1. The van der Waals surface area contributed by atoms with Crippen LogP contribution in [0.2, 0.25) is 5.15 Å². The van der Waals surface area contributed by atoms with E-state index < -0.39 is 5.41 Å². The fraction of sp³-hybridized carbons (Fsp3) is 0.600. The molecule has 0 spiro atoms. The summed E-state index contributed by atoms with van der Waals surface area (Å²) >= 11 is 5.91. The summed E-state index contributed by atoms with van der Waals surface area (Å²) in [5.74, 6) is -0.535. The van der Waals surface area contributed by atoms with Crippen molar-refractivity contribution >= 4 is 23.5 Å². The molecule has 7 heteroatoms. The Balaban J connectivity index is 1.95. The number of aromatic nitrogens is 2. The third-order valence-corrected chi connectivity index (χ3v) is 4.50. The smallest absolute Gasteiger partial charge is 0.311 e. The maximum Gasteiger partial charge on any atom is 0.311 e. The van der Waals surface area contributed by atoms with Crippen LogP contribution in [0.25, 0.3) is 0 Å². The molecule has 0 unspecified atom stereocenters. The number of hydrogen-bond acceptors (Lipinski definition) is 5. The number of carbonyl (C=O) groups is 2. The molecule has 1 saturated carbocycles. The molecule has 0 aliphatic heterocycles. The van der Waals surface area contributed by atoms with Gasteiger partial charge in [-0.15, -0.1) is 0 Å². The summed E-state index contributed by atoms with van der Waals surface area (Å²) in [4.78, 5) is 32.2. The summed E-state index contributed by atoms with van der Waals surface area (Å²) in [6.45, 7) is 2.09. The Hall–Kier alpha value is -1.69. The molecule has 1 fully saturated rings. The number of hydrogen-bond donors (Lipinski definition) is 1. The Kier molecular flexibility index (Phi) is 5.34. The summed E-state index contributed by atoms with van der Waals surface area (Å²) in [5.41, 5.74) is -0.0526. The molecule has 1 aromatic rings. The molecule has 22 heavy (non-hydrogen) atoms. The summed E-state index contributed by atoms with van der Waals surface area (Å²) in [7, 11) is 1.38. The maximum absolute atomic E-state index is 12.3. The van der Waals surface area contributed by atoms with Gasteiger partial charge in [-0.25, -0.2) is 4.98 Å². The fourth-order valence-corrected chi connectivity index (χ4v) is 3.10. The average molecular weight is 326 g/mol. The van der Waals surface area contributed by atoms with Crippen molar-refractivity contribution in [2.24, 2.45) is 11.3 Å². The van der Waals surface area contributed by atoms with Crippen LogP contribution in [-0.2, 0) is 20.9 Å². The van der Waals surface area contributed by atoms with Crippen molar-refractivity contribution in [1.29, 1.82) is 0 Å². The van der Waals surface area contributed by atoms with Gasteiger partial charge in [0.15, 0.2) is 5.15 Å². The van der Waals surface area contributed by atoms with E-state index in [1.165, 1.54) is 19.5 Å². The summed E-state index contributed by atoms with van der Waals surface area (Å²) in [5, 5.41) is 3.11. The van der Waals surface area contributed by atoms with E-state index in [9.17, 15) is 9.59 Å². The Labute approximate surface area is 134 Å². The zero-order valence-electron chi connectivity index (χ0n) is 12.8. The quantitative estimate of drug-likeness (QED) is 0.857. The molecule has 2 atom stereocenters. The van der Waals surface area contributed by atoms with Gasteiger partial charge in [0, 0.05) is 18.3 Å². The molecule has 120 valence electrons. The molecule has 0 aromatic carbocycles. The SMILES string of the molecule is COC(=O)[C@]1(C)CCC[C@H](C(=O)NCc2nccnc2Cl)C1. The lowest BCUT2D eigenvalue weighted by Gasteiger charge is -2.35. The number of nitrogens with one attached hydrogen (secondary N) is 1. The van der Waals surface area contributed by atoms with Gasteiger partial charge >= 0.3 is 5.97 Å². The van der Waals surface area contributed by atoms with E-state index >= 15 is 0 Å². The molecule has 1 aliphatic rings. The van der Waals surface area contributed by atoms with Gasteiger partial charge in [0.2, 0.25) is 5.91 Å². The van der Waals surface area contributed by atoms with Crippen molar-refractivity contribution in [1.82, 2.24) is 15.3 Å². The lowest BCUT2D eigenvalue weighted by atomic mass is 9.70. The zero-order chi connectivity index (χ0) is 16.2. The van der Waals surface area contributed by atoms with Crippen LogP contribution in [0.15, 0.2) is 12.4 Å². The number of nitrogens with zero attached hydrogens (tertiary/aromatic N) is 2. The highest BCUT2D eigenvalue weighted by Gasteiger charge is 2.41. The highest BCUT2D eigenvalue weighted by molar-refractivity contribution is 6.29. The van der Waals surface area contributed by atoms with Gasteiger partial charge in [0.25, 0.3) is 0 Å². The molecule has 0 bridgehead atoms.